The standard InChI is InChI=1S/C27H31NO3/c1-7-17(3)20(8-2)16-31-27(29)24-15-23-18(4)13-21(14-25(23)28-19(24)5)22-11-9-10-12-26(22)30-6/h7-12,21,28H,1-2,4,13-16H2,3,5-6H3/b20-17+/t21-/m0/s1. The largest absolute Gasteiger partial charge is 0.496 e. The Balaban J connectivity index is 1.76. The quantitative estimate of drug-likeness (QED) is 0.444. The smallest absolute Gasteiger partial charge is 0.336 e. The van der Waals surface area contributed by atoms with Crippen LogP contribution in [0.25, 0.3) is 0 Å². The third-order valence-electron chi connectivity index (χ3n) is 6.12. The molecule has 0 fully saturated rings. The van der Waals surface area contributed by atoms with Crippen molar-refractivity contribution in [2.24, 2.45) is 0 Å². The zero-order valence-corrected chi connectivity index (χ0v) is 18.7. The summed E-state index contributed by atoms with van der Waals surface area (Å²) < 4.78 is 11.1. The van der Waals surface area contributed by atoms with E-state index in [4.69, 9.17) is 9.47 Å². The first-order chi connectivity index (χ1) is 14.9. The Kier molecular flexibility index (Phi) is 7.01. The van der Waals surface area contributed by atoms with E-state index in [9.17, 15) is 4.79 Å². The van der Waals surface area contributed by atoms with E-state index in [1.165, 1.54) is 5.56 Å². The molecule has 0 aromatic heterocycles. The summed E-state index contributed by atoms with van der Waals surface area (Å²) >= 11 is 0. The molecule has 0 saturated heterocycles. The van der Waals surface area contributed by atoms with Crippen LogP contribution < -0.4 is 10.1 Å². The van der Waals surface area contributed by atoms with Crippen LogP contribution in [0.15, 0.2) is 95.4 Å². The van der Waals surface area contributed by atoms with Gasteiger partial charge in [-0.05, 0) is 66.5 Å². The molecule has 162 valence electrons. The highest BCUT2D eigenvalue weighted by molar-refractivity contribution is 5.90. The predicted molar refractivity (Wildman–Crippen MR) is 126 cm³/mol. The molecular formula is C27H31NO3. The lowest BCUT2D eigenvalue weighted by molar-refractivity contribution is -0.138. The summed E-state index contributed by atoms with van der Waals surface area (Å²) in [5, 5.41) is 3.46. The van der Waals surface area contributed by atoms with Gasteiger partial charge in [0.25, 0.3) is 0 Å². The molecule has 0 saturated carbocycles. The first kappa shape index (κ1) is 22.4. The number of nitrogens with one attached hydrogen (secondary N) is 1. The highest BCUT2D eigenvalue weighted by Crippen LogP contribution is 2.44. The van der Waals surface area contributed by atoms with Gasteiger partial charge >= 0.3 is 5.97 Å². The number of allylic oxidation sites excluding steroid dienone is 6. The van der Waals surface area contributed by atoms with Crippen molar-refractivity contribution >= 4 is 5.97 Å². The molecule has 1 atom stereocenters. The summed E-state index contributed by atoms with van der Waals surface area (Å²) in [6, 6.07) is 8.14. The van der Waals surface area contributed by atoms with Crippen LogP contribution in [0.5, 0.6) is 5.75 Å². The number of rotatable bonds is 7. The van der Waals surface area contributed by atoms with Gasteiger partial charge in [0.15, 0.2) is 0 Å². The van der Waals surface area contributed by atoms with E-state index < -0.39 is 0 Å². The Hall–Kier alpha value is -3.27. The molecule has 1 aromatic carbocycles. The van der Waals surface area contributed by atoms with E-state index >= 15 is 0 Å². The number of methoxy groups -OCH3 is 1. The number of dihydropyridines is 1. The SMILES string of the molecule is C=C/C(C)=C(\C=C)COC(=O)C1=C(C)NC2=C(C1)C(=C)C[C@H](c1ccccc1OC)C2. The molecule has 2 aliphatic rings. The van der Waals surface area contributed by atoms with Gasteiger partial charge in [0.05, 0.1) is 12.7 Å². The van der Waals surface area contributed by atoms with E-state index in [0.717, 1.165) is 52.3 Å². The molecule has 31 heavy (non-hydrogen) atoms. The van der Waals surface area contributed by atoms with Crippen molar-refractivity contribution in [3.63, 3.8) is 0 Å². The minimum atomic E-state index is -0.313. The van der Waals surface area contributed by atoms with Gasteiger partial charge in [-0.1, -0.05) is 50.1 Å². The van der Waals surface area contributed by atoms with Crippen LogP contribution in [0.4, 0.5) is 0 Å². The van der Waals surface area contributed by atoms with Gasteiger partial charge in [0.1, 0.15) is 12.4 Å². The topological polar surface area (TPSA) is 47.6 Å². The van der Waals surface area contributed by atoms with Gasteiger partial charge in [-0.3, -0.25) is 0 Å². The fourth-order valence-corrected chi connectivity index (χ4v) is 4.19. The summed E-state index contributed by atoms with van der Waals surface area (Å²) in [5.41, 5.74) is 7.78. The van der Waals surface area contributed by atoms with Gasteiger partial charge < -0.3 is 14.8 Å². The van der Waals surface area contributed by atoms with Crippen LogP contribution >= 0.6 is 0 Å². The molecule has 0 unspecified atom stereocenters. The second-order valence-corrected chi connectivity index (χ2v) is 8.01. The van der Waals surface area contributed by atoms with Crippen LogP contribution in [-0.2, 0) is 9.53 Å². The third-order valence-corrected chi connectivity index (χ3v) is 6.12. The van der Waals surface area contributed by atoms with Gasteiger partial charge in [0, 0.05) is 17.8 Å². The fourth-order valence-electron chi connectivity index (χ4n) is 4.19. The van der Waals surface area contributed by atoms with Crippen molar-refractivity contribution < 1.29 is 14.3 Å². The summed E-state index contributed by atoms with van der Waals surface area (Å²) in [5.74, 6) is 0.878. The summed E-state index contributed by atoms with van der Waals surface area (Å²) in [7, 11) is 1.70. The predicted octanol–water partition coefficient (Wildman–Crippen LogP) is 5.88. The van der Waals surface area contributed by atoms with Crippen LogP contribution in [0.2, 0.25) is 0 Å². The summed E-state index contributed by atoms with van der Waals surface area (Å²) in [4.78, 5) is 12.8. The summed E-state index contributed by atoms with van der Waals surface area (Å²) in [6.45, 7) is 15.9. The normalized spacial score (nSPS) is 19.2. The fraction of sp³-hybridized carbons (Fsp3) is 0.296. The monoisotopic (exact) mass is 417 g/mol. The lowest BCUT2D eigenvalue weighted by atomic mass is 9.77. The Morgan fingerprint density at radius 2 is 1.97 bits per heavy atom. The molecule has 1 N–H and O–H groups in total. The van der Waals surface area contributed by atoms with E-state index in [1.54, 1.807) is 19.3 Å². The maximum absolute atomic E-state index is 12.8. The Labute approximate surface area is 185 Å². The molecule has 4 nitrogen and oxygen atoms in total. The number of hydrogen-bond donors (Lipinski definition) is 1. The second kappa shape index (κ2) is 9.69. The zero-order chi connectivity index (χ0) is 22.5. The molecule has 1 aromatic rings. The molecule has 1 aliphatic carbocycles. The number of ether oxygens (including phenoxy) is 2. The molecule has 1 aliphatic heterocycles. The first-order valence-corrected chi connectivity index (χ1v) is 10.5. The number of hydrogen-bond acceptors (Lipinski definition) is 4. The number of benzene rings is 1. The highest BCUT2D eigenvalue weighted by Gasteiger charge is 2.32. The highest BCUT2D eigenvalue weighted by atomic mass is 16.5. The van der Waals surface area contributed by atoms with E-state index in [-0.39, 0.29) is 12.6 Å². The van der Waals surface area contributed by atoms with Crippen molar-refractivity contribution in [2.75, 3.05) is 13.7 Å². The minimum absolute atomic E-state index is 0.180. The molecule has 0 bridgehead atoms. The molecule has 0 radical (unpaired) electrons. The minimum Gasteiger partial charge on any atom is -0.496 e. The Morgan fingerprint density at radius 3 is 2.65 bits per heavy atom. The van der Waals surface area contributed by atoms with Crippen molar-refractivity contribution in [1.82, 2.24) is 5.32 Å². The first-order valence-electron chi connectivity index (χ1n) is 10.5. The van der Waals surface area contributed by atoms with Gasteiger partial charge in [-0.15, -0.1) is 0 Å². The number of para-hydroxylation sites is 1. The van der Waals surface area contributed by atoms with Crippen LogP contribution in [0.3, 0.4) is 0 Å². The van der Waals surface area contributed by atoms with Gasteiger partial charge in [-0.25, -0.2) is 4.79 Å². The van der Waals surface area contributed by atoms with E-state index in [1.807, 2.05) is 32.0 Å². The van der Waals surface area contributed by atoms with Crippen LogP contribution in [0, 0.1) is 0 Å². The maximum atomic E-state index is 12.8. The van der Waals surface area contributed by atoms with Gasteiger partial charge in [-0.2, -0.15) is 0 Å². The van der Waals surface area contributed by atoms with Crippen molar-refractivity contribution in [1.29, 1.82) is 0 Å². The third kappa shape index (κ3) is 4.74. The lowest BCUT2D eigenvalue weighted by Crippen LogP contribution is -2.28. The van der Waals surface area contributed by atoms with Crippen LogP contribution in [-0.4, -0.2) is 19.7 Å². The number of esters is 1. The second-order valence-electron chi connectivity index (χ2n) is 8.01. The molecule has 4 heteroatoms. The van der Waals surface area contributed by atoms with Crippen molar-refractivity contribution in [3.8, 4) is 5.75 Å². The average Bonchev–Trinajstić information content (AvgIpc) is 2.78. The average molecular weight is 418 g/mol. The maximum Gasteiger partial charge on any atom is 0.336 e. The van der Waals surface area contributed by atoms with Crippen molar-refractivity contribution in [3.05, 3.63) is 101 Å². The summed E-state index contributed by atoms with van der Waals surface area (Å²) in [6.07, 6.45) is 5.67. The number of carbonyl (C=O) groups is 1. The number of carbonyl (C=O) groups excluding carboxylic acids is 1. The van der Waals surface area contributed by atoms with Crippen molar-refractivity contribution in [2.45, 2.75) is 39.0 Å². The molecule has 3 rings (SSSR count). The molecular weight excluding hydrogens is 386 g/mol. The van der Waals surface area contributed by atoms with Crippen LogP contribution in [0.1, 0.15) is 44.6 Å². The van der Waals surface area contributed by atoms with Gasteiger partial charge in [0.2, 0.25) is 0 Å². The molecule has 0 spiro atoms. The molecule has 1 heterocycles. The van der Waals surface area contributed by atoms with E-state index in [0.29, 0.717) is 17.9 Å². The Morgan fingerprint density at radius 1 is 1.23 bits per heavy atom. The Bertz CT molecular complexity index is 1020. The van der Waals surface area contributed by atoms with E-state index in [2.05, 4.69) is 31.1 Å². The lowest BCUT2D eigenvalue weighted by Gasteiger charge is -2.34. The molecule has 0 amide bonds. The zero-order valence-electron chi connectivity index (χ0n) is 18.7.